The zero-order valence-corrected chi connectivity index (χ0v) is 11.5. The number of hydrogen-bond acceptors (Lipinski definition) is 2. The highest BCUT2D eigenvalue weighted by Crippen LogP contribution is 2.38. The SMILES string of the molecule is CC(C)(C)C1CCN(C(C)(C)C)S1(=O)=O. The molecule has 1 fully saturated rings. The second kappa shape index (κ2) is 3.45. The summed E-state index contributed by atoms with van der Waals surface area (Å²) in [5.41, 5.74) is -0.461. The molecule has 1 rings (SSSR count). The zero-order chi connectivity index (χ0) is 12.1. The Balaban J connectivity index is 3.07. The van der Waals surface area contributed by atoms with Gasteiger partial charge in [0.15, 0.2) is 0 Å². The van der Waals surface area contributed by atoms with Crippen molar-refractivity contribution in [2.24, 2.45) is 5.41 Å². The lowest BCUT2D eigenvalue weighted by molar-refractivity contribution is 0.267. The molecule has 1 aliphatic rings. The number of nitrogens with zero attached hydrogens (tertiary/aromatic N) is 1. The van der Waals surface area contributed by atoms with Gasteiger partial charge in [-0.1, -0.05) is 20.8 Å². The molecule has 0 aliphatic carbocycles. The Morgan fingerprint density at radius 1 is 1.07 bits per heavy atom. The van der Waals surface area contributed by atoms with E-state index in [1.807, 2.05) is 41.5 Å². The summed E-state index contributed by atoms with van der Waals surface area (Å²) in [5, 5.41) is -0.232. The van der Waals surface area contributed by atoms with E-state index < -0.39 is 10.0 Å². The smallest absolute Gasteiger partial charge is 0.212 e. The zero-order valence-electron chi connectivity index (χ0n) is 10.7. The Morgan fingerprint density at radius 3 is 1.73 bits per heavy atom. The third-order valence-electron chi connectivity index (χ3n) is 2.98. The van der Waals surface area contributed by atoms with Gasteiger partial charge in [0.05, 0.1) is 5.25 Å². The van der Waals surface area contributed by atoms with Crippen LogP contribution >= 0.6 is 0 Å². The third-order valence-corrected chi connectivity index (χ3v) is 5.98. The van der Waals surface area contributed by atoms with E-state index in [-0.39, 0.29) is 16.2 Å². The molecule has 0 bridgehead atoms. The van der Waals surface area contributed by atoms with Crippen LogP contribution in [0.4, 0.5) is 0 Å². The Bertz CT molecular complexity index is 305. The third kappa shape index (κ3) is 2.36. The maximum absolute atomic E-state index is 12.3. The summed E-state index contributed by atoms with van der Waals surface area (Å²) in [5.74, 6) is 0. The van der Waals surface area contributed by atoms with Crippen LogP contribution < -0.4 is 0 Å². The lowest BCUT2D eigenvalue weighted by atomic mass is 9.90. The molecular formula is C11H23NO2S. The van der Waals surface area contributed by atoms with Crippen molar-refractivity contribution in [1.29, 1.82) is 0 Å². The first-order valence-corrected chi connectivity index (χ1v) is 6.99. The van der Waals surface area contributed by atoms with Crippen LogP contribution in [0.3, 0.4) is 0 Å². The van der Waals surface area contributed by atoms with Crippen LogP contribution in [-0.2, 0) is 10.0 Å². The Kier molecular flexibility index (Phi) is 2.99. The van der Waals surface area contributed by atoms with Crippen molar-refractivity contribution in [2.45, 2.75) is 58.8 Å². The van der Waals surface area contributed by atoms with Crippen molar-refractivity contribution in [1.82, 2.24) is 4.31 Å². The van der Waals surface area contributed by atoms with Crippen molar-refractivity contribution >= 4 is 10.0 Å². The normalized spacial score (nSPS) is 28.3. The Morgan fingerprint density at radius 2 is 1.53 bits per heavy atom. The number of sulfonamides is 1. The second-order valence-corrected chi connectivity index (χ2v) is 8.47. The monoisotopic (exact) mass is 233 g/mol. The van der Waals surface area contributed by atoms with Gasteiger partial charge in [0, 0.05) is 12.1 Å². The average Bonchev–Trinajstić information content (AvgIpc) is 2.21. The first kappa shape index (κ1) is 13.0. The van der Waals surface area contributed by atoms with Gasteiger partial charge in [0.2, 0.25) is 10.0 Å². The number of hydrogen-bond donors (Lipinski definition) is 0. The molecule has 1 heterocycles. The van der Waals surface area contributed by atoms with Crippen LogP contribution in [0.5, 0.6) is 0 Å². The fourth-order valence-electron chi connectivity index (χ4n) is 2.26. The summed E-state index contributed by atoms with van der Waals surface area (Å²) < 4.78 is 26.3. The Labute approximate surface area is 93.9 Å². The fourth-order valence-corrected chi connectivity index (χ4v) is 4.99. The predicted octanol–water partition coefficient (Wildman–Crippen LogP) is 2.24. The molecule has 15 heavy (non-hydrogen) atoms. The highest BCUT2D eigenvalue weighted by atomic mass is 32.2. The van der Waals surface area contributed by atoms with Crippen molar-refractivity contribution in [3.63, 3.8) is 0 Å². The van der Waals surface area contributed by atoms with E-state index in [0.717, 1.165) is 6.42 Å². The van der Waals surface area contributed by atoms with Gasteiger partial charge in [-0.25, -0.2) is 8.42 Å². The van der Waals surface area contributed by atoms with Gasteiger partial charge in [0.1, 0.15) is 0 Å². The van der Waals surface area contributed by atoms with Gasteiger partial charge in [-0.15, -0.1) is 0 Å². The summed E-state index contributed by atoms with van der Waals surface area (Å²) in [6, 6.07) is 0. The van der Waals surface area contributed by atoms with Gasteiger partial charge in [-0.3, -0.25) is 0 Å². The second-order valence-electron chi connectivity index (χ2n) is 6.43. The molecule has 3 nitrogen and oxygen atoms in total. The van der Waals surface area contributed by atoms with Crippen LogP contribution in [0.15, 0.2) is 0 Å². The molecule has 0 saturated carbocycles. The summed E-state index contributed by atoms with van der Waals surface area (Å²) >= 11 is 0. The minimum absolute atomic E-state index is 0.168. The summed E-state index contributed by atoms with van der Waals surface area (Å²) in [6.07, 6.45) is 0.753. The maximum Gasteiger partial charge on any atom is 0.218 e. The van der Waals surface area contributed by atoms with Crippen LogP contribution in [-0.4, -0.2) is 30.1 Å². The molecule has 0 amide bonds. The van der Waals surface area contributed by atoms with E-state index in [2.05, 4.69) is 0 Å². The van der Waals surface area contributed by atoms with Crippen molar-refractivity contribution in [2.75, 3.05) is 6.54 Å². The van der Waals surface area contributed by atoms with Crippen LogP contribution in [0.1, 0.15) is 48.0 Å². The lowest BCUT2D eigenvalue weighted by Gasteiger charge is -2.33. The molecule has 4 heteroatoms. The fraction of sp³-hybridized carbons (Fsp3) is 1.00. The van der Waals surface area contributed by atoms with Crippen molar-refractivity contribution in [3.05, 3.63) is 0 Å². The number of rotatable bonds is 0. The summed E-state index contributed by atoms with van der Waals surface area (Å²) in [4.78, 5) is 0. The van der Waals surface area contributed by atoms with E-state index in [1.165, 1.54) is 0 Å². The molecular weight excluding hydrogens is 210 g/mol. The van der Waals surface area contributed by atoms with Crippen LogP contribution in [0, 0.1) is 5.41 Å². The minimum atomic E-state index is -3.11. The predicted molar refractivity (Wildman–Crippen MR) is 63.2 cm³/mol. The van der Waals surface area contributed by atoms with E-state index in [4.69, 9.17) is 0 Å². The van der Waals surface area contributed by atoms with E-state index >= 15 is 0 Å². The molecule has 0 radical (unpaired) electrons. The maximum atomic E-state index is 12.3. The van der Waals surface area contributed by atoms with Gasteiger partial charge in [-0.05, 0) is 32.6 Å². The van der Waals surface area contributed by atoms with Gasteiger partial charge < -0.3 is 0 Å². The molecule has 1 saturated heterocycles. The van der Waals surface area contributed by atoms with Crippen molar-refractivity contribution in [3.8, 4) is 0 Å². The largest absolute Gasteiger partial charge is 0.218 e. The van der Waals surface area contributed by atoms with Gasteiger partial charge in [0.25, 0.3) is 0 Å². The van der Waals surface area contributed by atoms with E-state index in [1.54, 1.807) is 4.31 Å². The topological polar surface area (TPSA) is 37.4 Å². The van der Waals surface area contributed by atoms with E-state index in [9.17, 15) is 8.42 Å². The average molecular weight is 233 g/mol. The Hall–Kier alpha value is -0.0900. The van der Waals surface area contributed by atoms with E-state index in [0.29, 0.717) is 6.54 Å². The molecule has 90 valence electrons. The molecule has 1 unspecified atom stereocenters. The molecule has 1 aliphatic heterocycles. The highest BCUT2D eigenvalue weighted by molar-refractivity contribution is 7.90. The summed E-state index contributed by atoms with van der Waals surface area (Å²) in [7, 11) is -3.11. The van der Waals surface area contributed by atoms with Crippen LogP contribution in [0.2, 0.25) is 0 Å². The summed E-state index contributed by atoms with van der Waals surface area (Å²) in [6.45, 7) is 12.5. The van der Waals surface area contributed by atoms with Crippen LogP contribution in [0.25, 0.3) is 0 Å². The van der Waals surface area contributed by atoms with Gasteiger partial charge >= 0.3 is 0 Å². The molecule has 0 aromatic rings. The molecule has 0 aromatic carbocycles. The van der Waals surface area contributed by atoms with Gasteiger partial charge in [-0.2, -0.15) is 4.31 Å². The molecule has 0 aromatic heterocycles. The molecule has 1 atom stereocenters. The molecule has 0 N–H and O–H groups in total. The lowest BCUT2D eigenvalue weighted by Crippen LogP contribution is -2.45. The van der Waals surface area contributed by atoms with Crippen molar-refractivity contribution < 1.29 is 8.42 Å². The quantitative estimate of drug-likeness (QED) is 0.643. The minimum Gasteiger partial charge on any atom is -0.212 e. The standard InChI is InChI=1S/C11H23NO2S/c1-10(2,3)9-7-8-12(11(4,5)6)15(9,13)14/h9H,7-8H2,1-6H3. The highest BCUT2D eigenvalue weighted by Gasteiger charge is 2.48. The first-order chi connectivity index (χ1) is 6.47. The first-order valence-electron chi connectivity index (χ1n) is 5.49. The molecule has 0 spiro atoms.